The molecule has 0 aliphatic rings. The van der Waals surface area contributed by atoms with E-state index in [4.69, 9.17) is 0 Å². The predicted octanol–water partition coefficient (Wildman–Crippen LogP) is 3.13. The van der Waals surface area contributed by atoms with Crippen molar-refractivity contribution in [1.29, 1.82) is 0 Å². The molecule has 0 aliphatic carbocycles. The molecule has 0 atom stereocenters. The predicted molar refractivity (Wildman–Crippen MR) is 130 cm³/mol. The first kappa shape index (κ1) is 23.6. The van der Waals surface area contributed by atoms with Gasteiger partial charge in [-0.25, -0.2) is 8.42 Å². The van der Waals surface area contributed by atoms with E-state index in [1.165, 1.54) is 11.8 Å². The lowest BCUT2D eigenvalue weighted by Gasteiger charge is -2.13. The summed E-state index contributed by atoms with van der Waals surface area (Å²) in [6, 6.07) is 14.5. The van der Waals surface area contributed by atoms with Crippen LogP contribution in [0.2, 0.25) is 0 Å². The van der Waals surface area contributed by atoms with E-state index in [1.807, 2.05) is 54.8 Å². The second-order valence-electron chi connectivity index (χ2n) is 7.28. The molecule has 3 aromatic rings. The molecule has 170 valence electrons. The van der Waals surface area contributed by atoms with Gasteiger partial charge in [-0.3, -0.25) is 9.52 Å². The van der Waals surface area contributed by atoms with Crippen LogP contribution in [0, 0.1) is 0 Å². The van der Waals surface area contributed by atoms with Crippen LogP contribution in [0.25, 0.3) is 11.4 Å². The fraction of sp³-hybridized carbons (Fsp3) is 0.286. The van der Waals surface area contributed by atoms with Crippen molar-refractivity contribution < 1.29 is 13.2 Å². The molecular formula is C21H26N6O3S2. The van der Waals surface area contributed by atoms with Crippen LogP contribution in [0.3, 0.4) is 0 Å². The molecular weight excluding hydrogens is 448 g/mol. The SMILES string of the molecule is CCn1c(SCC(=O)Nc2ccc(N(C)C)cc2)nnc1-c1ccc(NS(C)(=O)=O)cc1. The summed E-state index contributed by atoms with van der Waals surface area (Å²) in [5.41, 5.74) is 3.07. The van der Waals surface area contributed by atoms with Crippen molar-refractivity contribution in [3.63, 3.8) is 0 Å². The summed E-state index contributed by atoms with van der Waals surface area (Å²) in [6.07, 6.45) is 1.10. The van der Waals surface area contributed by atoms with E-state index in [2.05, 4.69) is 20.2 Å². The summed E-state index contributed by atoms with van der Waals surface area (Å²) in [7, 11) is 0.589. The van der Waals surface area contributed by atoms with Crippen molar-refractivity contribution in [2.45, 2.75) is 18.6 Å². The molecule has 32 heavy (non-hydrogen) atoms. The first-order valence-electron chi connectivity index (χ1n) is 9.87. The summed E-state index contributed by atoms with van der Waals surface area (Å²) >= 11 is 1.31. The Hall–Kier alpha value is -3.05. The van der Waals surface area contributed by atoms with Gasteiger partial charge in [0.1, 0.15) is 0 Å². The third kappa shape index (κ3) is 6.24. The number of carbonyl (C=O) groups excluding carboxylic acids is 1. The molecule has 0 bridgehead atoms. The van der Waals surface area contributed by atoms with E-state index >= 15 is 0 Å². The van der Waals surface area contributed by atoms with Crippen LogP contribution < -0.4 is 14.9 Å². The minimum absolute atomic E-state index is 0.129. The number of amides is 1. The Morgan fingerprint density at radius 2 is 1.66 bits per heavy atom. The lowest BCUT2D eigenvalue weighted by Crippen LogP contribution is -2.15. The van der Waals surface area contributed by atoms with E-state index in [-0.39, 0.29) is 11.7 Å². The number of aromatic nitrogens is 3. The van der Waals surface area contributed by atoms with Crippen molar-refractivity contribution in [3.8, 4) is 11.4 Å². The maximum atomic E-state index is 12.4. The number of benzene rings is 2. The number of anilines is 3. The van der Waals surface area contributed by atoms with Crippen molar-refractivity contribution in [2.75, 3.05) is 41.0 Å². The summed E-state index contributed by atoms with van der Waals surface area (Å²) in [4.78, 5) is 14.4. The Bertz CT molecular complexity index is 1170. The van der Waals surface area contributed by atoms with Gasteiger partial charge >= 0.3 is 0 Å². The fourth-order valence-electron chi connectivity index (χ4n) is 2.97. The maximum absolute atomic E-state index is 12.4. The van der Waals surface area contributed by atoms with Crippen LogP contribution in [0.5, 0.6) is 0 Å². The molecule has 2 aromatic carbocycles. The molecule has 2 N–H and O–H groups in total. The fourth-order valence-corrected chi connectivity index (χ4v) is 4.33. The topological polar surface area (TPSA) is 109 Å². The second-order valence-corrected chi connectivity index (χ2v) is 9.97. The van der Waals surface area contributed by atoms with E-state index in [9.17, 15) is 13.2 Å². The third-order valence-corrected chi connectivity index (χ3v) is 6.05. The molecule has 0 saturated heterocycles. The van der Waals surface area contributed by atoms with E-state index in [1.54, 1.807) is 24.3 Å². The Kier molecular flexibility index (Phi) is 7.41. The minimum Gasteiger partial charge on any atom is -0.378 e. The lowest BCUT2D eigenvalue weighted by atomic mass is 10.2. The third-order valence-electron chi connectivity index (χ3n) is 4.48. The normalized spacial score (nSPS) is 11.2. The molecule has 0 unspecified atom stereocenters. The molecule has 0 saturated carbocycles. The van der Waals surface area contributed by atoms with Crippen molar-refractivity contribution >= 4 is 44.8 Å². The highest BCUT2D eigenvalue weighted by molar-refractivity contribution is 7.99. The van der Waals surface area contributed by atoms with Gasteiger partial charge in [0.05, 0.1) is 12.0 Å². The van der Waals surface area contributed by atoms with Crippen LogP contribution in [-0.4, -0.2) is 55.2 Å². The number of rotatable bonds is 9. The number of nitrogens with zero attached hydrogens (tertiary/aromatic N) is 4. The smallest absolute Gasteiger partial charge is 0.234 e. The van der Waals surface area contributed by atoms with Crippen LogP contribution in [-0.2, 0) is 21.4 Å². The summed E-state index contributed by atoms with van der Waals surface area (Å²) in [5.74, 6) is 0.724. The van der Waals surface area contributed by atoms with E-state index in [0.717, 1.165) is 23.2 Å². The largest absolute Gasteiger partial charge is 0.378 e. The van der Waals surface area contributed by atoms with Crippen LogP contribution in [0.1, 0.15) is 6.92 Å². The van der Waals surface area contributed by atoms with Crippen molar-refractivity contribution in [3.05, 3.63) is 48.5 Å². The zero-order valence-corrected chi connectivity index (χ0v) is 20.0. The Morgan fingerprint density at radius 3 is 2.22 bits per heavy atom. The van der Waals surface area contributed by atoms with Crippen molar-refractivity contribution in [1.82, 2.24) is 14.8 Å². The molecule has 0 spiro atoms. The highest BCUT2D eigenvalue weighted by atomic mass is 32.2. The molecule has 9 nitrogen and oxygen atoms in total. The van der Waals surface area contributed by atoms with Gasteiger partial charge in [-0.1, -0.05) is 11.8 Å². The molecule has 3 rings (SSSR count). The summed E-state index contributed by atoms with van der Waals surface area (Å²) in [5, 5.41) is 12.0. The van der Waals surface area contributed by atoms with Gasteiger partial charge < -0.3 is 14.8 Å². The average molecular weight is 475 g/mol. The van der Waals surface area contributed by atoms with Gasteiger partial charge in [-0.05, 0) is 55.5 Å². The number of sulfonamides is 1. The highest BCUT2D eigenvalue weighted by Crippen LogP contribution is 2.25. The quantitative estimate of drug-likeness (QED) is 0.459. The molecule has 0 radical (unpaired) electrons. The highest BCUT2D eigenvalue weighted by Gasteiger charge is 2.15. The van der Waals surface area contributed by atoms with Gasteiger partial charge in [0.25, 0.3) is 0 Å². The number of thioether (sulfide) groups is 1. The number of hydrogen-bond acceptors (Lipinski definition) is 7. The monoisotopic (exact) mass is 474 g/mol. The lowest BCUT2D eigenvalue weighted by molar-refractivity contribution is -0.113. The Labute approximate surface area is 192 Å². The minimum atomic E-state index is -3.33. The van der Waals surface area contributed by atoms with E-state index in [0.29, 0.717) is 23.2 Å². The summed E-state index contributed by atoms with van der Waals surface area (Å²) < 4.78 is 27.1. The molecule has 1 amide bonds. The number of carbonyl (C=O) groups is 1. The van der Waals surface area contributed by atoms with E-state index < -0.39 is 10.0 Å². The zero-order chi connectivity index (χ0) is 23.3. The van der Waals surface area contributed by atoms with Crippen LogP contribution >= 0.6 is 11.8 Å². The van der Waals surface area contributed by atoms with Crippen molar-refractivity contribution in [2.24, 2.45) is 0 Å². The van der Waals surface area contributed by atoms with Gasteiger partial charge in [0.2, 0.25) is 15.9 Å². The zero-order valence-electron chi connectivity index (χ0n) is 18.4. The number of hydrogen-bond donors (Lipinski definition) is 2. The number of nitrogens with one attached hydrogen (secondary N) is 2. The summed E-state index contributed by atoms with van der Waals surface area (Å²) in [6.45, 7) is 2.60. The van der Waals surface area contributed by atoms with Gasteiger partial charge in [0, 0.05) is 43.3 Å². The molecule has 1 heterocycles. The molecule has 0 fully saturated rings. The van der Waals surface area contributed by atoms with Crippen LogP contribution in [0.4, 0.5) is 17.1 Å². The van der Waals surface area contributed by atoms with Gasteiger partial charge in [-0.15, -0.1) is 10.2 Å². The second kappa shape index (κ2) is 10.0. The van der Waals surface area contributed by atoms with Crippen LogP contribution in [0.15, 0.2) is 53.7 Å². The molecule has 1 aromatic heterocycles. The molecule has 11 heteroatoms. The first-order valence-corrected chi connectivity index (χ1v) is 12.8. The Morgan fingerprint density at radius 1 is 1.03 bits per heavy atom. The first-order chi connectivity index (χ1) is 15.2. The standard InChI is InChI=1S/C21H26N6O3S2/c1-5-27-20(15-6-8-17(9-7-15)25-32(4,29)30)23-24-21(27)31-14-19(28)22-16-10-12-18(13-11-16)26(2)3/h6-13,25H,5,14H2,1-4H3,(H,22,28). The molecule has 0 aliphatic heterocycles. The maximum Gasteiger partial charge on any atom is 0.234 e. The Balaban J connectivity index is 1.65. The average Bonchev–Trinajstić information content (AvgIpc) is 3.15. The van der Waals surface area contributed by atoms with Gasteiger partial charge in [0.15, 0.2) is 11.0 Å². The van der Waals surface area contributed by atoms with Gasteiger partial charge in [-0.2, -0.15) is 0 Å².